The van der Waals surface area contributed by atoms with Gasteiger partial charge < -0.3 is 14.3 Å². The van der Waals surface area contributed by atoms with E-state index in [9.17, 15) is 14.4 Å². The van der Waals surface area contributed by atoms with Crippen molar-refractivity contribution < 1.29 is 23.3 Å². The predicted octanol–water partition coefficient (Wildman–Crippen LogP) is 2.56. The van der Waals surface area contributed by atoms with Crippen molar-refractivity contribution in [1.29, 1.82) is 0 Å². The monoisotopic (exact) mass is 416 g/mol. The van der Waals surface area contributed by atoms with E-state index in [1.54, 1.807) is 32.9 Å². The van der Waals surface area contributed by atoms with Gasteiger partial charge in [-0.05, 0) is 26.8 Å². The van der Waals surface area contributed by atoms with Crippen LogP contribution in [0.2, 0.25) is 0 Å². The topological polar surface area (TPSA) is 126 Å². The minimum atomic E-state index is -0.552. The van der Waals surface area contributed by atoms with Crippen LogP contribution in [0.5, 0.6) is 0 Å². The third kappa shape index (κ3) is 4.96. The van der Waals surface area contributed by atoms with Crippen molar-refractivity contribution in [2.45, 2.75) is 26.0 Å². The number of aryl methyl sites for hydroxylation is 2. The van der Waals surface area contributed by atoms with Gasteiger partial charge in [0.1, 0.15) is 11.3 Å². The zero-order valence-electron chi connectivity index (χ0n) is 16.1. The Kier molecular flexibility index (Phi) is 6.23. The first kappa shape index (κ1) is 20.5. The summed E-state index contributed by atoms with van der Waals surface area (Å²) in [5, 5.41) is 6.61. The number of carbonyl (C=O) groups excluding carboxylic acids is 3. The van der Waals surface area contributed by atoms with E-state index in [0.717, 1.165) is 17.1 Å². The molecule has 0 saturated heterocycles. The molecule has 152 valence electrons. The number of thioether (sulfide) groups is 1. The number of amides is 3. The van der Waals surface area contributed by atoms with Gasteiger partial charge in [0.15, 0.2) is 11.6 Å². The maximum absolute atomic E-state index is 12.3. The molecule has 10 heteroatoms. The van der Waals surface area contributed by atoms with Crippen LogP contribution in [0.4, 0.5) is 5.82 Å². The van der Waals surface area contributed by atoms with Gasteiger partial charge in [-0.3, -0.25) is 25.2 Å². The van der Waals surface area contributed by atoms with Crippen molar-refractivity contribution in [2.24, 2.45) is 0 Å². The molecule has 3 N–H and O–H groups in total. The molecule has 3 rings (SSSR count). The number of fused-ring (bicyclic) bond motifs is 1. The summed E-state index contributed by atoms with van der Waals surface area (Å²) < 4.78 is 10.4. The molecule has 0 radical (unpaired) electrons. The maximum atomic E-state index is 12.3. The molecule has 2 aromatic heterocycles. The van der Waals surface area contributed by atoms with Gasteiger partial charge >= 0.3 is 5.91 Å². The lowest BCUT2D eigenvalue weighted by molar-refractivity contribution is -0.119. The van der Waals surface area contributed by atoms with Crippen LogP contribution in [0, 0.1) is 13.8 Å². The molecule has 0 saturated carbocycles. The first-order valence-corrected chi connectivity index (χ1v) is 9.83. The first-order valence-electron chi connectivity index (χ1n) is 8.78. The Hall–Kier alpha value is -3.27. The van der Waals surface area contributed by atoms with Gasteiger partial charge in [0.2, 0.25) is 11.8 Å². The molecule has 3 aromatic rings. The lowest BCUT2D eigenvalue weighted by atomic mass is 10.1. The number of hydrogen-bond donors (Lipinski definition) is 3. The molecule has 3 amide bonds. The van der Waals surface area contributed by atoms with E-state index < -0.39 is 17.1 Å². The minimum absolute atomic E-state index is 0.0220. The highest BCUT2D eigenvalue weighted by molar-refractivity contribution is 8.01. The molecule has 0 aliphatic heterocycles. The van der Waals surface area contributed by atoms with Crippen molar-refractivity contribution in [1.82, 2.24) is 16.0 Å². The standard InChI is InChI=1S/C19H20N4O5S/c1-10-8-15(23-28-10)20-18(25)12(3)29-9-16(24)21-22-19(26)17-11(2)13-6-4-5-7-14(13)27-17/h4-8,12H,9H2,1-3H3,(H,21,24)(H,22,26)(H,20,23,25). The Labute approximate surface area is 170 Å². The van der Waals surface area contributed by atoms with Crippen molar-refractivity contribution >= 4 is 46.3 Å². The lowest BCUT2D eigenvalue weighted by Crippen LogP contribution is -2.43. The molecule has 29 heavy (non-hydrogen) atoms. The van der Waals surface area contributed by atoms with E-state index in [0.29, 0.717) is 22.7 Å². The van der Waals surface area contributed by atoms with Crippen LogP contribution in [-0.2, 0) is 9.59 Å². The number of anilines is 1. The number of hydrazine groups is 1. The van der Waals surface area contributed by atoms with Crippen molar-refractivity contribution in [3.05, 3.63) is 47.4 Å². The number of nitrogens with zero attached hydrogens (tertiary/aromatic N) is 1. The highest BCUT2D eigenvalue weighted by Crippen LogP contribution is 2.24. The van der Waals surface area contributed by atoms with E-state index >= 15 is 0 Å². The molecule has 2 heterocycles. The highest BCUT2D eigenvalue weighted by atomic mass is 32.2. The van der Waals surface area contributed by atoms with E-state index in [2.05, 4.69) is 21.3 Å². The molecule has 0 aliphatic carbocycles. The molecular formula is C19H20N4O5S. The van der Waals surface area contributed by atoms with Gasteiger partial charge in [-0.2, -0.15) is 0 Å². The molecule has 1 aromatic carbocycles. The Morgan fingerprint density at radius 2 is 1.93 bits per heavy atom. The quantitative estimate of drug-likeness (QED) is 0.527. The van der Waals surface area contributed by atoms with Crippen molar-refractivity contribution in [3.63, 3.8) is 0 Å². The van der Waals surface area contributed by atoms with Gasteiger partial charge in [0.05, 0.1) is 11.0 Å². The zero-order chi connectivity index (χ0) is 21.0. The van der Waals surface area contributed by atoms with E-state index in [-0.39, 0.29) is 17.4 Å². The first-order chi connectivity index (χ1) is 13.8. The normalized spacial score (nSPS) is 11.8. The van der Waals surface area contributed by atoms with E-state index in [1.165, 1.54) is 0 Å². The molecule has 1 unspecified atom stereocenters. The smallest absolute Gasteiger partial charge is 0.305 e. The fourth-order valence-electron chi connectivity index (χ4n) is 2.54. The number of hydrogen-bond acceptors (Lipinski definition) is 7. The van der Waals surface area contributed by atoms with Crippen LogP contribution >= 0.6 is 11.8 Å². The molecule has 9 nitrogen and oxygen atoms in total. The summed E-state index contributed by atoms with van der Waals surface area (Å²) in [6.07, 6.45) is 0. The summed E-state index contributed by atoms with van der Waals surface area (Å²) in [5.74, 6) is -0.300. The highest BCUT2D eigenvalue weighted by Gasteiger charge is 2.19. The number of rotatable bonds is 6. The molecular weight excluding hydrogens is 396 g/mol. The Balaban J connectivity index is 1.46. The van der Waals surface area contributed by atoms with E-state index in [1.807, 2.05) is 18.2 Å². The largest absolute Gasteiger partial charge is 0.451 e. The predicted molar refractivity (Wildman–Crippen MR) is 108 cm³/mol. The summed E-state index contributed by atoms with van der Waals surface area (Å²) in [6.45, 7) is 5.15. The van der Waals surface area contributed by atoms with Crippen LogP contribution in [0.3, 0.4) is 0 Å². The average molecular weight is 416 g/mol. The second-order valence-corrected chi connectivity index (χ2v) is 7.65. The number of carbonyl (C=O) groups is 3. The lowest BCUT2D eigenvalue weighted by Gasteiger charge is -2.11. The van der Waals surface area contributed by atoms with Crippen LogP contribution in [0.25, 0.3) is 11.0 Å². The summed E-state index contributed by atoms with van der Waals surface area (Å²) in [6, 6.07) is 8.88. The van der Waals surface area contributed by atoms with Crippen LogP contribution < -0.4 is 16.2 Å². The molecule has 0 spiro atoms. The van der Waals surface area contributed by atoms with Gasteiger partial charge in [-0.25, -0.2) is 0 Å². The van der Waals surface area contributed by atoms with Crippen LogP contribution in [0.15, 0.2) is 39.3 Å². The van der Waals surface area contributed by atoms with Gasteiger partial charge in [0.25, 0.3) is 0 Å². The number of furan rings is 1. The fraction of sp³-hybridized carbons (Fsp3) is 0.263. The number of benzene rings is 1. The number of aromatic nitrogens is 1. The zero-order valence-corrected chi connectivity index (χ0v) is 16.9. The van der Waals surface area contributed by atoms with Crippen LogP contribution in [-0.4, -0.2) is 33.9 Å². The second-order valence-electron chi connectivity index (χ2n) is 6.32. The summed E-state index contributed by atoms with van der Waals surface area (Å²) in [4.78, 5) is 36.4. The Bertz CT molecular complexity index is 1060. The van der Waals surface area contributed by atoms with Gasteiger partial charge in [-0.1, -0.05) is 23.4 Å². The average Bonchev–Trinajstić information content (AvgIpc) is 3.27. The molecule has 0 bridgehead atoms. The van der Waals surface area contributed by atoms with E-state index in [4.69, 9.17) is 8.94 Å². The summed E-state index contributed by atoms with van der Waals surface area (Å²) in [5.41, 5.74) is 5.94. The third-order valence-electron chi connectivity index (χ3n) is 4.08. The molecule has 1 atom stereocenters. The third-order valence-corrected chi connectivity index (χ3v) is 5.22. The SMILES string of the molecule is Cc1cc(NC(=O)C(C)SCC(=O)NNC(=O)c2oc3ccccc3c2C)no1. The molecule has 0 fully saturated rings. The number of nitrogens with one attached hydrogen (secondary N) is 3. The van der Waals surface area contributed by atoms with Crippen LogP contribution in [0.1, 0.15) is 28.8 Å². The Morgan fingerprint density at radius 3 is 2.62 bits per heavy atom. The second kappa shape index (κ2) is 8.82. The summed E-state index contributed by atoms with van der Waals surface area (Å²) >= 11 is 1.12. The van der Waals surface area contributed by atoms with Crippen molar-refractivity contribution in [2.75, 3.05) is 11.1 Å². The van der Waals surface area contributed by atoms with Gasteiger partial charge in [-0.15, -0.1) is 11.8 Å². The fourth-order valence-corrected chi connectivity index (χ4v) is 3.22. The Morgan fingerprint density at radius 1 is 1.17 bits per heavy atom. The maximum Gasteiger partial charge on any atom is 0.305 e. The number of para-hydroxylation sites is 1. The van der Waals surface area contributed by atoms with Crippen molar-refractivity contribution in [3.8, 4) is 0 Å². The minimum Gasteiger partial charge on any atom is -0.451 e. The summed E-state index contributed by atoms with van der Waals surface area (Å²) in [7, 11) is 0. The molecule has 0 aliphatic rings. The van der Waals surface area contributed by atoms with Gasteiger partial charge in [0, 0.05) is 17.0 Å².